The van der Waals surface area contributed by atoms with Gasteiger partial charge in [0.15, 0.2) is 0 Å². The SMILES string of the molecule is CCCOC(=O)C=CCCCCCCCO. The molecular weight excluding hydrogens is 204 g/mol. The van der Waals surface area contributed by atoms with Gasteiger partial charge in [-0.3, -0.25) is 0 Å². The van der Waals surface area contributed by atoms with E-state index < -0.39 is 0 Å². The molecule has 0 aromatic carbocycles. The molecule has 0 radical (unpaired) electrons. The molecule has 1 N–H and O–H groups in total. The molecule has 94 valence electrons. The molecule has 0 amide bonds. The Balaban J connectivity index is 3.23. The van der Waals surface area contributed by atoms with Gasteiger partial charge in [0.05, 0.1) is 6.61 Å². The number of aliphatic hydroxyl groups excluding tert-OH is 1. The number of aliphatic hydroxyl groups is 1. The first-order valence-electron chi connectivity index (χ1n) is 6.25. The average Bonchev–Trinajstić information content (AvgIpc) is 2.30. The number of rotatable bonds is 10. The quantitative estimate of drug-likeness (QED) is 0.355. The zero-order valence-corrected chi connectivity index (χ0v) is 10.3. The van der Waals surface area contributed by atoms with Gasteiger partial charge >= 0.3 is 5.97 Å². The summed E-state index contributed by atoms with van der Waals surface area (Å²) in [5, 5.41) is 8.58. The van der Waals surface area contributed by atoms with Crippen LogP contribution < -0.4 is 0 Å². The van der Waals surface area contributed by atoms with E-state index in [9.17, 15) is 4.79 Å². The fourth-order valence-electron chi connectivity index (χ4n) is 1.33. The lowest BCUT2D eigenvalue weighted by molar-refractivity contribution is -0.137. The van der Waals surface area contributed by atoms with E-state index >= 15 is 0 Å². The molecule has 0 rings (SSSR count). The van der Waals surface area contributed by atoms with Gasteiger partial charge in [-0.15, -0.1) is 0 Å². The summed E-state index contributed by atoms with van der Waals surface area (Å²) in [6.07, 6.45) is 10.6. The first-order valence-corrected chi connectivity index (χ1v) is 6.25. The number of ether oxygens (including phenoxy) is 1. The predicted octanol–water partition coefficient (Wildman–Crippen LogP) is 2.83. The summed E-state index contributed by atoms with van der Waals surface area (Å²) in [4.78, 5) is 11.0. The average molecular weight is 228 g/mol. The molecular formula is C13H24O3. The van der Waals surface area contributed by atoms with Crippen molar-refractivity contribution in [1.82, 2.24) is 0 Å². The third-order valence-electron chi connectivity index (χ3n) is 2.23. The summed E-state index contributed by atoms with van der Waals surface area (Å²) < 4.78 is 4.90. The summed E-state index contributed by atoms with van der Waals surface area (Å²) in [6.45, 7) is 2.77. The van der Waals surface area contributed by atoms with Crippen molar-refractivity contribution in [3.63, 3.8) is 0 Å². The Kier molecular flexibility index (Phi) is 11.6. The number of hydrogen-bond acceptors (Lipinski definition) is 3. The van der Waals surface area contributed by atoms with E-state index in [-0.39, 0.29) is 5.97 Å². The van der Waals surface area contributed by atoms with Gasteiger partial charge in [0.2, 0.25) is 0 Å². The van der Waals surface area contributed by atoms with E-state index in [4.69, 9.17) is 9.84 Å². The van der Waals surface area contributed by atoms with Crippen LogP contribution in [-0.2, 0) is 9.53 Å². The number of allylic oxidation sites excluding steroid dienone is 1. The van der Waals surface area contributed by atoms with E-state index in [1.165, 1.54) is 6.08 Å². The van der Waals surface area contributed by atoms with Gasteiger partial charge in [-0.05, 0) is 25.7 Å². The number of hydrogen-bond donors (Lipinski definition) is 1. The second-order valence-corrected chi connectivity index (χ2v) is 3.85. The lowest BCUT2D eigenvalue weighted by Gasteiger charge is -1.98. The highest BCUT2D eigenvalue weighted by atomic mass is 16.5. The van der Waals surface area contributed by atoms with E-state index in [1.54, 1.807) is 0 Å². The summed E-state index contributed by atoms with van der Waals surface area (Å²) in [5.41, 5.74) is 0. The Morgan fingerprint density at radius 3 is 2.56 bits per heavy atom. The van der Waals surface area contributed by atoms with Crippen LogP contribution in [0.25, 0.3) is 0 Å². The minimum absolute atomic E-state index is 0.234. The van der Waals surface area contributed by atoms with Gasteiger partial charge in [-0.25, -0.2) is 4.79 Å². The van der Waals surface area contributed by atoms with Crippen LogP contribution in [-0.4, -0.2) is 24.3 Å². The van der Waals surface area contributed by atoms with Crippen LogP contribution in [0.4, 0.5) is 0 Å². The molecule has 0 saturated heterocycles. The molecule has 0 aromatic rings. The molecule has 0 fully saturated rings. The maximum absolute atomic E-state index is 11.0. The van der Waals surface area contributed by atoms with Crippen LogP contribution >= 0.6 is 0 Å². The lowest BCUT2D eigenvalue weighted by atomic mass is 10.1. The molecule has 0 aliphatic carbocycles. The van der Waals surface area contributed by atoms with Crippen molar-refractivity contribution in [1.29, 1.82) is 0 Å². The highest BCUT2D eigenvalue weighted by molar-refractivity contribution is 5.81. The Hall–Kier alpha value is -0.830. The lowest BCUT2D eigenvalue weighted by Crippen LogP contribution is -2.00. The second-order valence-electron chi connectivity index (χ2n) is 3.85. The first kappa shape index (κ1) is 15.2. The van der Waals surface area contributed by atoms with Gasteiger partial charge in [0, 0.05) is 12.7 Å². The van der Waals surface area contributed by atoms with E-state index in [0.717, 1.165) is 44.9 Å². The summed E-state index contributed by atoms with van der Waals surface area (Å²) in [7, 11) is 0. The molecule has 0 saturated carbocycles. The Labute approximate surface area is 98.5 Å². The maximum Gasteiger partial charge on any atom is 0.330 e. The molecule has 3 nitrogen and oxygen atoms in total. The van der Waals surface area contributed by atoms with Crippen LogP contribution in [0.15, 0.2) is 12.2 Å². The number of carbonyl (C=O) groups is 1. The van der Waals surface area contributed by atoms with E-state index in [0.29, 0.717) is 13.2 Å². The van der Waals surface area contributed by atoms with Crippen LogP contribution in [0.1, 0.15) is 51.9 Å². The van der Waals surface area contributed by atoms with Gasteiger partial charge in [0.1, 0.15) is 0 Å². The highest BCUT2D eigenvalue weighted by Gasteiger charge is 1.94. The molecule has 3 heteroatoms. The number of esters is 1. The smallest absolute Gasteiger partial charge is 0.330 e. The van der Waals surface area contributed by atoms with Crippen LogP contribution in [0.5, 0.6) is 0 Å². The molecule has 16 heavy (non-hydrogen) atoms. The van der Waals surface area contributed by atoms with E-state index in [1.807, 2.05) is 13.0 Å². The van der Waals surface area contributed by atoms with Gasteiger partial charge < -0.3 is 9.84 Å². The van der Waals surface area contributed by atoms with Crippen molar-refractivity contribution in [2.75, 3.05) is 13.2 Å². The van der Waals surface area contributed by atoms with Crippen LogP contribution in [0.2, 0.25) is 0 Å². The third kappa shape index (κ3) is 11.2. The Morgan fingerprint density at radius 1 is 1.19 bits per heavy atom. The monoisotopic (exact) mass is 228 g/mol. The zero-order chi connectivity index (χ0) is 12.1. The molecule has 0 spiro atoms. The van der Waals surface area contributed by atoms with Crippen LogP contribution in [0, 0.1) is 0 Å². The van der Waals surface area contributed by atoms with E-state index in [2.05, 4.69) is 0 Å². The Morgan fingerprint density at radius 2 is 1.88 bits per heavy atom. The standard InChI is InChI=1S/C13H24O3/c1-2-12-16-13(15)10-8-6-4-3-5-7-9-11-14/h8,10,14H,2-7,9,11-12H2,1H3. The minimum Gasteiger partial charge on any atom is -0.463 e. The second kappa shape index (κ2) is 12.2. The molecule has 0 aromatic heterocycles. The summed E-state index contributed by atoms with van der Waals surface area (Å²) >= 11 is 0. The predicted molar refractivity (Wildman–Crippen MR) is 65.2 cm³/mol. The largest absolute Gasteiger partial charge is 0.463 e. The maximum atomic E-state index is 11.0. The van der Waals surface area contributed by atoms with Gasteiger partial charge in [0.25, 0.3) is 0 Å². The fourth-order valence-corrected chi connectivity index (χ4v) is 1.33. The summed E-state index contributed by atoms with van der Waals surface area (Å²) in [6, 6.07) is 0. The van der Waals surface area contributed by atoms with Crippen molar-refractivity contribution >= 4 is 5.97 Å². The Bertz CT molecular complexity index is 188. The molecule has 0 atom stereocenters. The summed E-state index contributed by atoms with van der Waals surface area (Å²) in [5.74, 6) is -0.234. The molecule has 0 bridgehead atoms. The molecule has 0 aliphatic heterocycles. The minimum atomic E-state index is -0.234. The topological polar surface area (TPSA) is 46.5 Å². The van der Waals surface area contributed by atoms with Crippen LogP contribution in [0.3, 0.4) is 0 Å². The first-order chi connectivity index (χ1) is 7.81. The number of carbonyl (C=O) groups excluding carboxylic acids is 1. The molecule has 0 heterocycles. The zero-order valence-electron chi connectivity index (χ0n) is 10.3. The van der Waals surface area contributed by atoms with Crippen molar-refractivity contribution < 1.29 is 14.6 Å². The van der Waals surface area contributed by atoms with Gasteiger partial charge in [-0.2, -0.15) is 0 Å². The third-order valence-corrected chi connectivity index (χ3v) is 2.23. The normalized spacial score (nSPS) is 10.9. The van der Waals surface area contributed by atoms with Gasteiger partial charge in [-0.1, -0.05) is 32.3 Å². The van der Waals surface area contributed by atoms with Crippen molar-refractivity contribution in [3.05, 3.63) is 12.2 Å². The molecule has 0 aliphatic rings. The van der Waals surface area contributed by atoms with Crippen molar-refractivity contribution in [2.24, 2.45) is 0 Å². The number of unbranched alkanes of at least 4 members (excludes halogenated alkanes) is 5. The molecule has 0 unspecified atom stereocenters. The van der Waals surface area contributed by atoms with Crippen molar-refractivity contribution in [2.45, 2.75) is 51.9 Å². The fraction of sp³-hybridized carbons (Fsp3) is 0.769. The van der Waals surface area contributed by atoms with Crippen molar-refractivity contribution in [3.8, 4) is 0 Å². The highest BCUT2D eigenvalue weighted by Crippen LogP contribution is 2.05.